The lowest BCUT2D eigenvalue weighted by Gasteiger charge is -2.39. The Morgan fingerprint density at radius 2 is 1.79 bits per heavy atom. The van der Waals surface area contributed by atoms with E-state index >= 15 is 0 Å². The zero-order chi connectivity index (χ0) is 24.1. The van der Waals surface area contributed by atoms with E-state index in [9.17, 15) is 9.50 Å². The van der Waals surface area contributed by atoms with E-state index in [0.717, 1.165) is 43.9 Å². The summed E-state index contributed by atoms with van der Waals surface area (Å²) in [6.07, 6.45) is 1.65. The molecular formula is C29H35FN2O2. The molecule has 34 heavy (non-hydrogen) atoms. The molecule has 0 radical (unpaired) electrons. The number of phenols is 1. The minimum Gasteiger partial charge on any atom is -0.508 e. The van der Waals surface area contributed by atoms with Crippen molar-refractivity contribution >= 4 is 5.69 Å². The Morgan fingerprint density at radius 1 is 1.06 bits per heavy atom. The van der Waals surface area contributed by atoms with Crippen molar-refractivity contribution in [2.24, 2.45) is 0 Å². The third-order valence-electron chi connectivity index (χ3n) is 6.78. The molecule has 1 heterocycles. The first kappa shape index (κ1) is 24.1. The van der Waals surface area contributed by atoms with Gasteiger partial charge >= 0.3 is 0 Å². The summed E-state index contributed by atoms with van der Waals surface area (Å²) in [6.45, 7) is 10.0. The molecule has 0 saturated carbocycles. The minimum atomic E-state index is -0.228. The van der Waals surface area contributed by atoms with Crippen LogP contribution in [0.5, 0.6) is 11.5 Å². The Hall–Kier alpha value is -3.05. The Balaban J connectivity index is 1.50. The number of hydrogen-bond donors (Lipinski definition) is 1. The van der Waals surface area contributed by atoms with Crippen molar-refractivity contribution in [1.29, 1.82) is 0 Å². The standard InChI is InChI=1S/C29H35FN2O2/c1-4-31(21(2)3)17-18-34-27-12-5-22(6-13-27)19-29-28-14-11-26(33)20-23(28)15-16-32(29)25-9-7-24(30)8-10-25/h5-14,20-21,29,33H,4,15-19H2,1-3H3. The smallest absolute Gasteiger partial charge is 0.123 e. The second-order valence-electron chi connectivity index (χ2n) is 9.24. The van der Waals surface area contributed by atoms with Crippen molar-refractivity contribution in [1.82, 2.24) is 4.90 Å². The number of aromatic hydroxyl groups is 1. The molecule has 4 nitrogen and oxygen atoms in total. The number of benzene rings is 3. The van der Waals surface area contributed by atoms with Crippen LogP contribution in [0.25, 0.3) is 0 Å². The fourth-order valence-corrected chi connectivity index (χ4v) is 4.87. The topological polar surface area (TPSA) is 35.9 Å². The summed E-state index contributed by atoms with van der Waals surface area (Å²) in [6, 6.07) is 21.4. The maximum atomic E-state index is 13.6. The van der Waals surface area contributed by atoms with E-state index in [-0.39, 0.29) is 11.9 Å². The summed E-state index contributed by atoms with van der Waals surface area (Å²) in [5, 5.41) is 9.99. The molecule has 1 atom stereocenters. The number of nitrogens with zero attached hydrogens (tertiary/aromatic N) is 2. The largest absolute Gasteiger partial charge is 0.508 e. The molecule has 0 amide bonds. The lowest BCUT2D eigenvalue weighted by molar-refractivity contribution is 0.183. The number of fused-ring (bicyclic) bond motifs is 1. The van der Waals surface area contributed by atoms with Crippen LogP contribution in [0.4, 0.5) is 10.1 Å². The van der Waals surface area contributed by atoms with E-state index in [0.29, 0.717) is 18.4 Å². The second kappa shape index (κ2) is 10.9. The van der Waals surface area contributed by atoms with Crippen molar-refractivity contribution in [2.75, 3.05) is 31.1 Å². The van der Waals surface area contributed by atoms with Crippen LogP contribution in [0, 0.1) is 5.82 Å². The Labute approximate surface area is 202 Å². The fourth-order valence-electron chi connectivity index (χ4n) is 4.87. The summed E-state index contributed by atoms with van der Waals surface area (Å²) < 4.78 is 19.5. The van der Waals surface area contributed by atoms with Gasteiger partial charge in [0.25, 0.3) is 0 Å². The van der Waals surface area contributed by atoms with E-state index in [1.807, 2.05) is 36.4 Å². The van der Waals surface area contributed by atoms with Gasteiger partial charge in [-0.15, -0.1) is 0 Å². The summed E-state index contributed by atoms with van der Waals surface area (Å²) in [5.41, 5.74) is 4.61. The average molecular weight is 463 g/mol. The highest BCUT2D eigenvalue weighted by Crippen LogP contribution is 2.37. The van der Waals surface area contributed by atoms with Crippen molar-refractivity contribution < 1.29 is 14.2 Å². The minimum absolute atomic E-state index is 0.103. The van der Waals surface area contributed by atoms with Gasteiger partial charge in [-0.25, -0.2) is 4.39 Å². The van der Waals surface area contributed by atoms with E-state index in [1.54, 1.807) is 6.07 Å². The first-order valence-corrected chi connectivity index (χ1v) is 12.2. The van der Waals surface area contributed by atoms with Crippen LogP contribution < -0.4 is 9.64 Å². The number of rotatable bonds is 9. The Kier molecular flexibility index (Phi) is 7.73. The molecule has 1 unspecified atom stereocenters. The second-order valence-corrected chi connectivity index (χ2v) is 9.24. The van der Waals surface area contributed by atoms with Crippen LogP contribution in [0.15, 0.2) is 66.7 Å². The summed E-state index contributed by atoms with van der Waals surface area (Å²) >= 11 is 0. The maximum Gasteiger partial charge on any atom is 0.123 e. The molecule has 180 valence electrons. The van der Waals surface area contributed by atoms with Gasteiger partial charge in [-0.2, -0.15) is 0 Å². The summed E-state index contributed by atoms with van der Waals surface area (Å²) in [7, 11) is 0. The summed E-state index contributed by atoms with van der Waals surface area (Å²) in [5.74, 6) is 0.954. The van der Waals surface area contributed by atoms with Crippen molar-refractivity contribution in [3.05, 3.63) is 89.2 Å². The van der Waals surface area contributed by atoms with E-state index in [1.165, 1.54) is 28.8 Å². The molecule has 0 aromatic heterocycles. The molecule has 0 fully saturated rings. The SMILES string of the molecule is CCN(CCOc1ccc(CC2c3ccc(O)cc3CCN2c2ccc(F)cc2)cc1)C(C)C. The van der Waals surface area contributed by atoms with Crippen molar-refractivity contribution in [3.8, 4) is 11.5 Å². The van der Waals surface area contributed by atoms with Crippen LogP contribution in [-0.4, -0.2) is 42.3 Å². The van der Waals surface area contributed by atoms with Gasteiger partial charge < -0.3 is 14.7 Å². The van der Waals surface area contributed by atoms with Gasteiger partial charge in [0, 0.05) is 24.8 Å². The summed E-state index contributed by atoms with van der Waals surface area (Å²) in [4.78, 5) is 4.73. The molecule has 3 aromatic rings. The Morgan fingerprint density at radius 3 is 2.47 bits per heavy atom. The van der Waals surface area contributed by atoms with Gasteiger partial charge in [0.1, 0.15) is 23.9 Å². The molecule has 0 aliphatic carbocycles. The first-order chi connectivity index (χ1) is 16.4. The van der Waals surface area contributed by atoms with Crippen LogP contribution >= 0.6 is 0 Å². The predicted octanol–water partition coefficient (Wildman–Crippen LogP) is 5.99. The highest BCUT2D eigenvalue weighted by atomic mass is 19.1. The zero-order valence-electron chi connectivity index (χ0n) is 20.4. The maximum absolute atomic E-state index is 13.6. The highest BCUT2D eigenvalue weighted by molar-refractivity contribution is 5.53. The van der Waals surface area contributed by atoms with Gasteiger partial charge in [-0.1, -0.05) is 25.1 Å². The molecular weight excluding hydrogens is 427 g/mol. The lowest BCUT2D eigenvalue weighted by atomic mass is 9.88. The molecule has 0 saturated heterocycles. The van der Waals surface area contributed by atoms with Gasteiger partial charge in [0.05, 0.1) is 6.04 Å². The van der Waals surface area contributed by atoms with Crippen molar-refractivity contribution in [3.63, 3.8) is 0 Å². The van der Waals surface area contributed by atoms with Gasteiger partial charge in [-0.05, 0) is 98.5 Å². The third kappa shape index (κ3) is 5.71. The number of hydrogen-bond acceptors (Lipinski definition) is 4. The van der Waals surface area contributed by atoms with Crippen molar-refractivity contribution in [2.45, 2.75) is 45.7 Å². The quantitative estimate of drug-likeness (QED) is 0.424. The molecule has 5 heteroatoms. The molecule has 4 rings (SSSR count). The van der Waals surface area contributed by atoms with Gasteiger partial charge in [0.2, 0.25) is 0 Å². The monoisotopic (exact) mass is 462 g/mol. The van der Waals surface area contributed by atoms with Crippen LogP contribution in [0.1, 0.15) is 43.5 Å². The molecule has 0 spiro atoms. The van der Waals surface area contributed by atoms with Crippen LogP contribution in [0.3, 0.4) is 0 Å². The average Bonchev–Trinajstić information content (AvgIpc) is 2.83. The highest BCUT2D eigenvalue weighted by Gasteiger charge is 2.28. The first-order valence-electron chi connectivity index (χ1n) is 12.2. The van der Waals surface area contributed by atoms with Gasteiger partial charge in [-0.3, -0.25) is 4.90 Å². The molecule has 1 aliphatic rings. The van der Waals surface area contributed by atoms with Crippen LogP contribution in [0.2, 0.25) is 0 Å². The number of halogens is 1. The fraction of sp³-hybridized carbons (Fsp3) is 0.379. The molecule has 3 aromatic carbocycles. The van der Waals surface area contributed by atoms with Gasteiger partial charge in [0.15, 0.2) is 0 Å². The van der Waals surface area contributed by atoms with E-state index < -0.39 is 0 Å². The number of likely N-dealkylation sites (N-methyl/N-ethyl adjacent to an activating group) is 1. The predicted molar refractivity (Wildman–Crippen MR) is 136 cm³/mol. The molecule has 1 aliphatic heterocycles. The number of anilines is 1. The molecule has 1 N–H and O–H groups in total. The van der Waals surface area contributed by atoms with E-state index in [4.69, 9.17) is 4.74 Å². The third-order valence-corrected chi connectivity index (χ3v) is 6.78. The number of ether oxygens (including phenoxy) is 1. The normalized spacial score (nSPS) is 15.6. The molecule has 0 bridgehead atoms. The van der Waals surface area contributed by atoms with Crippen LogP contribution in [-0.2, 0) is 12.8 Å². The number of phenolic OH excluding ortho intramolecular Hbond substituents is 1. The zero-order valence-corrected chi connectivity index (χ0v) is 20.4. The van der Waals surface area contributed by atoms with E-state index in [2.05, 4.69) is 42.7 Å². The Bertz CT molecular complexity index is 1070. The lowest BCUT2D eigenvalue weighted by Crippen LogP contribution is -2.36.